The molecule has 0 aromatic heterocycles. The minimum Gasteiger partial charge on any atom is -0.481 e. The molecular weight excluding hydrogens is 356 g/mol. The fraction of sp³-hybridized carbons (Fsp3) is 0.667. The topological polar surface area (TPSA) is 174 Å². The van der Waals surface area contributed by atoms with Crippen LogP contribution in [0.3, 0.4) is 0 Å². The number of carbonyl (C=O) groups excluding carboxylic acids is 3. The highest BCUT2D eigenvalue weighted by molar-refractivity contribution is 5.96. The smallest absolute Gasteiger partial charge is 0.336 e. The minimum atomic E-state index is -2.90. The molecule has 0 fully saturated rings. The molecule has 148 valence electrons. The molecule has 0 amide bonds. The number of carbonyl (C=O) groups is 5. The van der Waals surface area contributed by atoms with E-state index < -0.39 is 60.3 Å². The van der Waals surface area contributed by atoms with E-state index in [4.69, 9.17) is 14.9 Å². The van der Waals surface area contributed by atoms with Crippen molar-refractivity contribution in [3.63, 3.8) is 0 Å². The molecular formula is C15H22O11. The minimum absolute atomic E-state index is 0.0328. The van der Waals surface area contributed by atoms with Crippen molar-refractivity contribution in [1.82, 2.24) is 0 Å². The molecule has 11 heteroatoms. The highest BCUT2D eigenvalue weighted by Gasteiger charge is 2.44. The quantitative estimate of drug-likeness (QED) is 0.236. The predicted octanol–water partition coefficient (Wildman–Crippen LogP) is -0.659. The normalized spacial score (nSPS) is 14.0. The van der Waals surface area contributed by atoms with Crippen LogP contribution >= 0.6 is 0 Å². The Morgan fingerprint density at radius 2 is 1.46 bits per heavy atom. The Morgan fingerprint density at radius 3 is 1.81 bits per heavy atom. The summed E-state index contributed by atoms with van der Waals surface area (Å²) in [5, 5.41) is 27.5. The zero-order valence-electron chi connectivity index (χ0n) is 14.6. The lowest BCUT2D eigenvalue weighted by molar-refractivity contribution is -0.178. The van der Waals surface area contributed by atoms with Crippen molar-refractivity contribution in [2.45, 2.75) is 44.3 Å². The lowest BCUT2D eigenvalue weighted by atomic mass is 9.95. The molecule has 0 aromatic rings. The number of ether oxygens (including phenoxy) is 3. The molecule has 26 heavy (non-hydrogen) atoms. The number of esters is 3. The lowest BCUT2D eigenvalue weighted by Gasteiger charge is -2.25. The van der Waals surface area contributed by atoms with E-state index in [2.05, 4.69) is 9.47 Å². The summed E-state index contributed by atoms with van der Waals surface area (Å²) in [6, 6.07) is 0. The highest BCUT2D eigenvalue weighted by Crippen LogP contribution is 2.22. The third kappa shape index (κ3) is 6.67. The maximum atomic E-state index is 12.0. The van der Waals surface area contributed by atoms with Crippen LogP contribution in [0.2, 0.25) is 0 Å². The third-order valence-corrected chi connectivity index (χ3v) is 3.42. The van der Waals surface area contributed by atoms with Crippen LogP contribution in [-0.2, 0) is 38.2 Å². The molecule has 0 rings (SSSR count). The first kappa shape index (κ1) is 23.3. The summed E-state index contributed by atoms with van der Waals surface area (Å²) in [7, 11) is 2.03. The predicted molar refractivity (Wildman–Crippen MR) is 81.8 cm³/mol. The zero-order chi connectivity index (χ0) is 20.5. The van der Waals surface area contributed by atoms with Gasteiger partial charge in [0.05, 0.1) is 27.1 Å². The van der Waals surface area contributed by atoms with Crippen LogP contribution in [0.15, 0.2) is 0 Å². The molecule has 0 bridgehead atoms. The van der Waals surface area contributed by atoms with Gasteiger partial charge in [0, 0.05) is 0 Å². The number of rotatable bonds is 11. The van der Waals surface area contributed by atoms with Crippen LogP contribution in [0, 0.1) is 5.92 Å². The van der Waals surface area contributed by atoms with Crippen molar-refractivity contribution in [3.05, 3.63) is 0 Å². The summed E-state index contributed by atoms with van der Waals surface area (Å²) in [5.41, 5.74) is -2.90. The summed E-state index contributed by atoms with van der Waals surface area (Å²) >= 11 is 0. The Bertz CT molecular complexity index is 540. The molecule has 0 saturated carbocycles. The second kappa shape index (κ2) is 10.3. The second-order valence-electron chi connectivity index (χ2n) is 5.43. The Kier molecular flexibility index (Phi) is 9.27. The van der Waals surface area contributed by atoms with Gasteiger partial charge in [-0.05, 0) is 6.42 Å². The molecule has 0 aliphatic carbocycles. The Hall–Kier alpha value is -2.69. The van der Waals surface area contributed by atoms with Crippen LogP contribution in [0.5, 0.6) is 0 Å². The molecule has 0 radical (unpaired) electrons. The highest BCUT2D eigenvalue weighted by atomic mass is 16.6. The van der Waals surface area contributed by atoms with E-state index >= 15 is 0 Å². The van der Waals surface area contributed by atoms with Gasteiger partial charge in [0.25, 0.3) is 0 Å². The molecule has 0 aliphatic heterocycles. The second-order valence-corrected chi connectivity index (χ2v) is 5.43. The first-order valence-corrected chi connectivity index (χ1v) is 7.55. The Morgan fingerprint density at radius 1 is 0.962 bits per heavy atom. The third-order valence-electron chi connectivity index (χ3n) is 3.42. The van der Waals surface area contributed by atoms with E-state index in [1.165, 1.54) is 0 Å². The fourth-order valence-corrected chi connectivity index (χ4v) is 2.15. The zero-order valence-corrected chi connectivity index (χ0v) is 14.6. The van der Waals surface area contributed by atoms with Gasteiger partial charge in [-0.25, -0.2) is 4.79 Å². The van der Waals surface area contributed by atoms with E-state index in [0.29, 0.717) is 6.42 Å². The number of aliphatic hydroxyl groups is 1. The standard InChI is InChI=1S/C15H22O11/c1-4-5-8(11(12(19)24-2)13(20)25-3)26-10(18)7-15(23,14(21)22)6-9(16)17/h8,11,23H,4-7H2,1-3H3,(H,16,17)(H,21,22). The molecule has 0 saturated heterocycles. The van der Waals surface area contributed by atoms with Crippen molar-refractivity contribution >= 4 is 29.8 Å². The summed E-state index contributed by atoms with van der Waals surface area (Å²) in [4.78, 5) is 57.4. The summed E-state index contributed by atoms with van der Waals surface area (Å²) < 4.78 is 13.9. The maximum absolute atomic E-state index is 12.0. The van der Waals surface area contributed by atoms with Crippen molar-refractivity contribution in [3.8, 4) is 0 Å². The first-order valence-electron chi connectivity index (χ1n) is 7.55. The van der Waals surface area contributed by atoms with Gasteiger partial charge in [-0.2, -0.15) is 0 Å². The van der Waals surface area contributed by atoms with Crippen LogP contribution in [0.1, 0.15) is 32.6 Å². The van der Waals surface area contributed by atoms with Crippen LogP contribution in [0.25, 0.3) is 0 Å². The van der Waals surface area contributed by atoms with Crippen molar-refractivity contribution in [2.75, 3.05) is 14.2 Å². The number of hydrogen-bond acceptors (Lipinski definition) is 9. The van der Waals surface area contributed by atoms with Gasteiger partial charge >= 0.3 is 29.8 Å². The van der Waals surface area contributed by atoms with E-state index in [9.17, 15) is 29.1 Å². The average Bonchev–Trinajstić information content (AvgIpc) is 2.53. The largest absolute Gasteiger partial charge is 0.481 e. The van der Waals surface area contributed by atoms with Crippen molar-refractivity contribution in [1.29, 1.82) is 0 Å². The van der Waals surface area contributed by atoms with Gasteiger partial charge in [0.2, 0.25) is 0 Å². The van der Waals surface area contributed by atoms with Gasteiger partial charge in [0.15, 0.2) is 11.5 Å². The summed E-state index contributed by atoms with van der Waals surface area (Å²) in [5.74, 6) is -8.53. The molecule has 2 unspecified atom stereocenters. The Labute approximate surface area is 148 Å². The van der Waals surface area contributed by atoms with Gasteiger partial charge in [-0.3, -0.25) is 19.2 Å². The molecule has 0 heterocycles. The molecule has 0 spiro atoms. The lowest BCUT2D eigenvalue weighted by Crippen LogP contribution is -2.45. The van der Waals surface area contributed by atoms with Gasteiger partial charge < -0.3 is 29.5 Å². The average molecular weight is 378 g/mol. The maximum Gasteiger partial charge on any atom is 0.336 e. The number of aliphatic carboxylic acids is 2. The van der Waals surface area contributed by atoms with Crippen LogP contribution in [-0.4, -0.2) is 71.1 Å². The molecule has 3 N–H and O–H groups in total. The van der Waals surface area contributed by atoms with E-state index in [-0.39, 0.29) is 6.42 Å². The number of hydrogen-bond donors (Lipinski definition) is 3. The van der Waals surface area contributed by atoms with Gasteiger partial charge in [-0.1, -0.05) is 13.3 Å². The van der Waals surface area contributed by atoms with E-state index in [1.54, 1.807) is 6.92 Å². The van der Waals surface area contributed by atoms with E-state index in [0.717, 1.165) is 14.2 Å². The van der Waals surface area contributed by atoms with Crippen LogP contribution in [0.4, 0.5) is 0 Å². The van der Waals surface area contributed by atoms with E-state index in [1.807, 2.05) is 0 Å². The van der Waals surface area contributed by atoms with Gasteiger partial charge in [0.1, 0.15) is 6.10 Å². The first-order chi connectivity index (χ1) is 12.0. The van der Waals surface area contributed by atoms with Gasteiger partial charge in [-0.15, -0.1) is 0 Å². The number of methoxy groups -OCH3 is 2. The SMILES string of the molecule is CCCC(OC(=O)CC(O)(CC(=O)O)C(=O)O)C(C(=O)OC)C(=O)OC. The fourth-order valence-electron chi connectivity index (χ4n) is 2.15. The molecule has 2 atom stereocenters. The Balaban J connectivity index is 5.43. The summed E-state index contributed by atoms with van der Waals surface area (Å²) in [6.45, 7) is 1.67. The summed E-state index contributed by atoms with van der Waals surface area (Å²) in [6.07, 6.45) is -3.36. The monoisotopic (exact) mass is 378 g/mol. The van der Waals surface area contributed by atoms with Crippen LogP contribution < -0.4 is 0 Å². The molecule has 11 nitrogen and oxygen atoms in total. The number of carboxylic acid groups (broad SMARTS) is 2. The van der Waals surface area contributed by atoms with Crippen molar-refractivity contribution < 1.29 is 53.5 Å². The molecule has 0 aliphatic rings. The van der Waals surface area contributed by atoms with Crippen molar-refractivity contribution in [2.24, 2.45) is 5.92 Å². The number of carboxylic acids is 2. The molecule has 0 aromatic carbocycles.